The molecule has 0 bridgehead atoms. The van der Waals surface area contributed by atoms with Crippen LogP contribution in [0.1, 0.15) is 30.7 Å². The van der Waals surface area contributed by atoms with Gasteiger partial charge in [-0.2, -0.15) is 0 Å². The molecule has 0 spiro atoms. The molecule has 0 aromatic heterocycles. The molecule has 1 aliphatic carbocycles. The van der Waals surface area contributed by atoms with Gasteiger partial charge >= 0.3 is 23.9 Å². The first-order chi connectivity index (χ1) is 12.1. The van der Waals surface area contributed by atoms with Gasteiger partial charge in [-0.1, -0.05) is 28.1 Å². The van der Waals surface area contributed by atoms with Crippen molar-refractivity contribution in [1.82, 2.24) is 0 Å². The Labute approximate surface area is 156 Å². The molecule has 0 saturated heterocycles. The summed E-state index contributed by atoms with van der Waals surface area (Å²) in [5.74, 6) is -9.19. The quantitative estimate of drug-likeness (QED) is 0.467. The summed E-state index contributed by atoms with van der Waals surface area (Å²) < 4.78 is 0.771. The third-order valence-electron chi connectivity index (χ3n) is 4.97. The summed E-state index contributed by atoms with van der Waals surface area (Å²) in [7, 11) is 0. The van der Waals surface area contributed by atoms with Crippen molar-refractivity contribution in [2.24, 2.45) is 17.3 Å². The lowest BCUT2D eigenvalue weighted by atomic mass is 9.72. The molecule has 1 aromatic rings. The SMILES string of the molecule is O=C(O)CC(C(=O)O)C1(C(CC(=O)O)C(=O)O)CC1c1ccc(Br)cc1. The number of carboxylic acids is 4. The molecule has 4 N–H and O–H groups in total. The van der Waals surface area contributed by atoms with Crippen molar-refractivity contribution in [3.63, 3.8) is 0 Å². The van der Waals surface area contributed by atoms with E-state index in [0.29, 0.717) is 5.56 Å². The fourth-order valence-electron chi connectivity index (χ4n) is 3.79. The van der Waals surface area contributed by atoms with Gasteiger partial charge in [-0.05, 0) is 30.0 Å². The molecular weight excluding hydrogens is 412 g/mol. The molecule has 3 unspecified atom stereocenters. The minimum absolute atomic E-state index is 0.100. The van der Waals surface area contributed by atoms with Gasteiger partial charge in [0.25, 0.3) is 0 Å². The third-order valence-corrected chi connectivity index (χ3v) is 5.50. The predicted molar refractivity (Wildman–Crippen MR) is 90.7 cm³/mol. The molecule has 0 radical (unpaired) electrons. The predicted octanol–water partition coefficient (Wildman–Crippen LogP) is 2.27. The Kier molecular flexibility index (Phi) is 5.70. The molecular formula is C17H17BrO8. The molecule has 8 nitrogen and oxygen atoms in total. The highest BCUT2D eigenvalue weighted by Gasteiger charge is 2.67. The van der Waals surface area contributed by atoms with Crippen LogP contribution in [-0.2, 0) is 19.2 Å². The zero-order valence-corrected chi connectivity index (χ0v) is 15.0. The highest BCUT2D eigenvalue weighted by molar-refractivity contribution is 9.10. The number of hydrogen-bond acceptors (Lipinski definition) is 4. The molecule has 0 heterocycles. The van der Waals surface area contributed by atoms with E-state index in [-0.39, 0.29) is 6.42 Å². The number of carbonyl (C=O) groups is 4. The summed E-state index contributed by atoms with van der Waals surface area (Å²) in [6.45, 7) is 0. The molecule has 0 aliphatic heterocycles. The normalized spacial score (nSPS) is 23.7. The maximum atomic E-state index is 11.8. The standard InChI is InChI=1S/C17H17BrO8/c18-9-3-1-8(2-4-9)12-7-17(12,10(15(23)24)5-13(19)20)11(16(25)26)6-14(21)22/h1-4,10-12H,5-7H2,(H,19,20)(H,21,22)(H,23,24)(H,25,26). The smallest absolute Gasteiger partial charge is 0.307 e. The molecule has 1 aromatic carbocycles. The lowest BCUT2D eigenvalue weighted by molar-refractivity contribution is -0.159. The van der Waals surface area contributed by atoms with Crippen LogP contribution in [-0.4, -0.2) is 44.3 Å². The molecule has 0 amide bonds. The van der Waals surface area contributed by atoms with Gasteiger partial charge in [-0.3, -0.25) is 19.2 Å². The second kappa shape index (κ2) is 7.45. The topological polar surface area (TPSA) is 149 Å². The van der Waals surface area contributed by atoms with Gasteiger partial charge in [0.15, 0.2) is 0 Å². The summed E-state index contributed by atoms with van der Waals surface area (Å²) >= 11 is 3.27. The third kappa shape index (κ3) is 3.87. The van der Waals surface area contributed by atoms with Crippen LogP contribution in [0.4, 0.5) is 0 Å². The second-order valence-electron chi connectivity index (χ2n) is 6.40. The van der Waals surface area contributed by atoms with Gasteiger partial charge in [0.05, 0.1) is 24.7 Å². The first kappa shape index (κ1) is 19.9. The first-order valence-electron chi connectivity index (χ1n) is 7.74. The van der Waals surface area contributed by atoms with E-state index in [4.69, 9.17) is 10.2 Å². The van der Waals surface area contributed by atoms with Gasteiger partial charge in [-0.25, -0.2) is 0 Å². The second-order valence-corrected chi connectivity index (χ2v) is 7.31. The lowest BCUT2D eigenvalue weighted by Crippen LogP contribution is -2.39. The van der Waals surface area contributed by atoms with Crippen LogP contribution < -0.4 is 0 Å². The van der Waals surface area contributed by atoms with Gasteiger partial charge in [-0.15, -0.1) is 0 Å². The average molecular weight is 429 g/mol. The summed E-state index contributed by atoms with van der Waals surface area (Å²) in [4.78, 5) is 45.8. The molecule has 26 heavy (non-hydrogen) atoms. The summed E-state index contributed by atoms with van der Waals surface area (Å²) in [5.41, 5.74) is -0.816. The van der Waals surface area contributed by atoms with Crippen molar-refractivity contribution in [3.05, 3.63) is 34.3 Å². The van der Waals surface area contributed by atoms with Crippen LogP contribution in [0, 0.1) is 17.3 Å². The number of aliphatic carboxylic acids is 4. The summed E-state index contributed by atoms with van der Waals surface area (Å²) in [5, 5.41) is 37.3. The maximum absolute atomic E-state index is 11.8. The van der Waals surface area contributed by atoms with Crippen LogP contribution in [0.25, 0.3) is 0 Å². The van der Waals surface area contributed by atoms with E-state index in [1.165, 1.54) is 0 Å². The van der Waals surface area contributed by atoms with Crippen molar-refractivity contribution in [2.75, 3.05) is 0 Å². The van der Waals surface area contributed by atoms with Crippen LogP contribution >= 0.6 is 15.9 Å². The lowest BCUT2D eigenvalue weighted by Gasteiger charge is -2.29. The molecule has 140 valence electrons. The number of rotatable bonds is 9. The van der Waals surface area contributed by atoms with Crippen molar-refractivity contribution < 1.29 is 39.6 Å². The number of halogens is 1. The molecule has 1 fully saturated rings. The van der Waals surface area contributed by atoms with Crippen LogP contribution in [0.3, 0.4) is 0 Å². The Morgan fingerprint density at radius 2 is 1.35 bits per heavy atom. The monoisotopic (exact) mass is 428 g/mol. The molecule has 3 atom stereocenters. The van der Waals surface area contributed by atoms with Crippen LogP contribution in [0.5, 0.6) is 0 Å². The Bertz CT molecular complexity index is 708. The van der Waals surface area contributed by atoms with Gasteiger partial charge in [0.2, 0.25) is 0 Å². The van der Waals surface area contributed by atoms with E-state index in [9.17, 15) is 29.4 Å². The van der Waals surface area contributed by atoms with E-state index >= 15 is 0 Å². The van der Waals surface area contributed by atoms with E-state index in [2.05, 4.69) is 15.9 Å². The average Bonchev–Trinajstić information content (AvgIpc) is 3.26. The zero-order chi connectivity index (χ0) is 19.6. The Morgan fingerprint density at radius 1 is 0.923 bits per heavy atom. The Morgan fingerprint density at radius 3 is 1.69 bits per heavy atom. The van der Waals surface area contributed by atoms with Crippen molar-refractivity contribution in [1.29, 1.82) is 0 Å². The fourth-order valence-corrected chi connectivity index (χ4v) is 4.06. The van der Waals surface area contributed by atoms with E-state index in [0.717, 1.165) is 4.47 Å². The minimum atomic E-state index is -1.51. The van der Waals surface area contributed by atoms with Crippen molar-refractivity contribution in [3.8, 4) is 0 Å². The van der Waals surface area contributed by atoms with Gasteiger partial charge in [0.1, 0.15) is 0 Å². The Hall–Kier alpha value is -2.42. The zero-order valence-electron chi connectivity index (χ0n) is 13.5. The minimum Gasteiger partial charge on any atom is -0.481 e. The molecule has 2 rings (SSSR count). The fraction of sp³-hybridized carbons (Fsp3) is 0.412. The number of hydrogen-bond donors (Lipinski definition) is 4. The maximum Gasteiger partial charge on any atom is 0.307 e. The summed E-state index contributed by atoms with van der Waals surface area (Å²) in [6, 6.07) is 6.79. The number of carboxylic acid groups (broad SMARTS) is 4. The van der Waals surface area contributed by atoms with E-state index in [1.807, 2.05) is 0 Å². The highest BCUT2D eigenvalue weighted by Crippen LogP contribution is 2.69. The van der Waals surface area contributed by atoms with Crippen molar-refractivity contribution >= 4 is 39.8 Å². The van der Waals surface area contributed by atoms with Gasteiger partial charge < -0.3 is 20.4 Å². The highest BCUT2D eigenvalue weighted by atomic mass is 79.9. The summed E-state index contributed by atoms with van der Waals surface area (Å²) in [6.07, 6.45) is -1.44. The number of benzene rings is 1. The van der Waals surface area contributed by atoms with E-state index < -0.39 is 59.9 Å². The van der Waals surface area contributed by atoms with E-state index in [1.54, 1.807) is 24.3 Å². The van der Waals surface area contributed by atoms with Crippen LogP contribution in [0.2, 0.25) is 0 Å². The largest absolute Gasteiger partial charge is 0.481 e. The van der Waals surface area contributed by atoms with Gasteiger partial charge in [0, 0.05) is 9.89 Å². The van der Waals surface area contributed by atoms with Crippen molar-refractivity contribution in [2.45, 2.75) is 25.2 Å². The molecule has 1 aliphatic rings. The molecule has 1 saturated carbocycles. The first-order valence-corrected chi connectivity index (χ1v) is 8.53. The Balaban J connectivity index is 2.53. The molecule has 9 heteroatoms. The van der Waals surface area contributed by atoms with Crippen LogP contribution in [0.15, 0.2) is 28.7 Å².